The van der Waals surface area contributed by atoms with Crippen LogP contribution in [0, 0.1) is 5.41 Å². The fourth-order valence-electron chi connectivity index (χ4n) is 2.97. The Hall–Kier alpha value is -0.990. The van der Waals surface area contributed by atoms with E-state index in [9.17, 15) is 0 Å². The maximum Gasteiger partial charge on any atom is 0.170 e. The molecular weight excluding hydrogens is 200 g/mol. The summed E-state index contributed by atoms with van der Waals surface area (Å²) in [5.41, 5.74) is 7.33. The van der Waals surface area contributed by atoms with E-state index in [1.54, 1.807) is 0 Å². The minimum absolute atomic E-state index is 0.315. The predicted molar refractivity (Wildman–Crippen MR) is 65.4 cm³/mol. The van der Waals surface area contributed by atoms with E-state index in [1.165, 1.54) is 19.3 Å². The van der Waals surface area contributed by atoms with Crippen LogP contribution in [-0.4, -0.2) is 5.16 Å². The number of rotatable bonds is 2. The molecule has 2 rings (SSSR count). The van der Waals surface area contributed by atoms with Crippen LogP contribution >= 0.6 is 0 Å². The van der Waals surface area contributed by atoms with E-state index in [0.717, 1.165) is 11.3 Å². The molecule has 1 saturated carbocycles. The van der Waals surface area contributed by atoms with Crippen LogP contribution in [0.2, 0.25) is 0 Å². The largest absolute Gasteiger partial charge is 0.381 e. The molecule has 1 fully saturated rings. The number of hydrogen-bond donors (Lipinski definition) is 1. The van der Waals surface area contributed by atoms with Crippen LogP contribution in [0.5, 0.6) is 0 Å². The summed E-state index contributed by atoms with van der Waals surface area (Å²) in [7, 11) is 0. The van der Waals surface area contributed by atoms with Gasteiger partial charge in [-0.25, -0.2) is 0 Å². The summed E-state index contributed by atoms with van der Waals surface area (Å²) >= 11 is 0. The van der Waals surface area contributed by atoms with E-state index in [-0.39, 0.29) is 0 Å². The molecule has 1 unspecified atom stereocenters. The van der Waals surface area contributed by atoms with Crippen LogP contribution in [0.1, 0.15) is 70.1 Å². The summed E-state index contributed by atoms with van der Waals surface area (Å²) in [5, 5.41) is 3.95. The van der Waals surface area contributed by atoms with Gasteiger partial charge in [-0.2, -0.15) is 0 Å². The number of hydrogen-bond acceptors (Lipinski definition) is 3. The molecule has 1 aromatic heterocycles. The molecule has 0 amide bonds. The molecule has 3 nitrogen and oxygen atoms in total. The Morgan fingerprint density at radius 3 is 2.62 bits per heavy atom. The van der Waals surface area contributed by atoms with Crippen molar-refractivity contribution in [2.45, 2.75) is 58.8 Å². The van der Waals surface area contributed by atoms with Crippen molar-refractivity contribution in [3.63, 3.8) is 0 Å². The molecular formula is C13H22N2O. The molecule has 0 spiro atoms. The van der Waals surface area contributed by atoms with Gasteiger partial charge < -0.3 is 10.3 Å². The van der Waals surface area contributed by atoms with Gasteiger partial charge in [0.25, 0.3) is 0 Å². The molecule has 0 aromatic carbocycles. The average Bonchev–Trinajstić information content (AvgIpc) is 2.68. The molecule has 90 valence electrons. The van der Waals surface area contributed by atoms with Crippen molar-refractivity contribution in [3.05, 3.63) is 11.3 Å². The third kappa shape index (κ3) is 1.72. The normalized spacial score (nSPS) is 24.2. The monoisotopic (exact) mass is 222 g/mol. The second-order valence-electron chi connectivity index (χ2n) is 5.93. The summed E-state index contributed by atoms with van der Waals surface area (Å²) in [4.78, 5) is 0. The maximum atomic E-state index is 5.89. The van der Waals surface area contributed by atoms with Gasteiger partial charge in [-0.05, 0) is 24.2 Å². The molecule has 1 heterocycles. The molecule has 1 aromatic rings. The smallest absolute Gasteiger partial charge is 0.170 e. The Balaban J connectivity index is 2.41. The molecule has 1 aliphatic rings. The summed E-state index contributed by atoms with van der Waals surface area (Å²) in [5.74, 6) is 2.48. The quantitative estimate of drug-likeness (QED) is 0.830. The number of aromatic nitrogens is 1. The highest BCUT2D eigenvalue weighted by molar-refractivity contribution is 5.44. The van der Waals surface area contributed by atoms with Crippen LogP contribution < -0.4 is 5.73 Å². The lowest BCUT2D eigenvalue weighted by molar-refractivity contribution is 0.266. The maximum absolute atomic E-state index is 5.89. The Morgan fingerprint density at radius 1 is 1.44 bits per heavy atom. The summed E-state index contributed by atoms with van der Waals surface area (Å²) in [6.45, 7) is 8.92. The Kier molecular flexibility index (Phi) is 2.72. The van der Waals surface area contributed by atoms with Crippen molar-refractivity contribution < 1.29 is 4.52 Å². The lowest BCUT2D eigenvalue weighted by Crippen LogP contribution is -2.16. The third-order valence-electron chi connectivity index (χ3n) is 3.93. The zero-order valence-electron chi connectivity index (χ0n) is 10.7. The molecule has 16 heavy (non-hydrogen) atoms. The average molecular weight is 222 g/mol. The summed E-state index contributed by atoms with van der Waals surface area (Å²) in [6, 6.07) is 0. The number of nitrogens with zero attached hydrogens (tertiary/aromatic N) is 1. The molecule has 2 N–H and O–H groups in total. The Morgan fingerprint density at radius 2 is 2.12 bits per heavy atom. The van der Waals surface area contributed by atoms with E-state index < -0.39 is 0 Å². The molecule has 0 saturated heterocycles. The van der Waals surface area contributed by atoms with E-state index in [0.29, 0.717) is 23.1 Å². The Labute approximate surface area is 97.4 Å². The van der Waals surface area contributed by atoms with Gasteiger partial charge in [-0.3, -0.25) is 0 Å². The van der Waals surface area contributed by atoms with Crippen LogP contribution in [-0.2, 0) is 0 Å². The topological polar surface area (TPSA) is 52.0 Å². The third-order valence-corrected chi connectivity index (χ3v) is 3.93. The van der Waals surface area contributed by atoms with E-state index in [1.807, 2.05) is 0 Å². The van der Waals surface area contributed by atoms with Gasteiger partial charge in [-0.1, -0.05) is 39.3 Å². The zero-order chi connectivity index (χ0) is 11.9. The van der Waals surface area contributed by atoms with Gasteiger partial charge >= 0.3 is 0 Å². The first-order valence-corrected chi connectivity index (χ1v) is 6.18. The predicted octanol–water partition coefficient (Wildman–Crippen LogP) is 3.67. The van der Waals surface area contributed by atoms with Gasteiger partial charge in [-0.15, -0.1) is 0 Å². The van der Waals surface area contributed by atoms with Crippen LogP contribution in [0.3, 0.4) is 0 Å². The van der Waals surface area contributed by atoms with E-state index in [4.69, 9.17) is 10.3 Å². The fraction of sp³-hybridized carbons (Fsp3) is 0.769. The second kappa shape index (κ2) is 3.79. The Bertz CT molecular complexity index is 379. The van der Waals surface area contributed by atoms with E-state index >= 15 is 0 Å². The summed E-state index contributed by atoms with van der Waals surface area (Å²) in [6.07, 6.45) is 3.73. The second-order valence-corrected chi connectivity index (χ2v) is 5.93. The van der Waals surface area contributed by atoms with Crippen molar-refractivity contribution >= 4 is 5.82 Å². The van der Waals surface area contributed by atoms with Crippen LogP contribution in [0.15, 0.2) is 4.52 Å². The van der Waals surface area contributed by atoms with Gasteiger partial charge in [0.1, 0.15) is 5.76 Å². The minimum Gasteiger partial charge on any atom is -0.381 e. The minimum atomic E-state index is 0.315. The number of nitrogens with two attached hydrogens (primary N) is 1. The molecule has 1 aliphatic carbocycles. The van der Waals surface area contributed by atoms with Crippen LogP contribution in [0.4, 0.5) is 5.82 Å². The van der Waals surface area contributed by atoms with Crippen molar-refractivity contribution in [2.75, 3.05) is 5.73 Å². The first-order chi connectivity index (χ1) is 7.43. The number of nitrogen functional groups attached to an aromatic ring is 1. The summed E-state index contributed by atoms with van der Waals surface area (Å²) < 4.78 is 5.50. The molecule has 1 atom stereocenters. The van der Waals surface area contributed by atoms with Crippen molar-refractivity contribution in [3.8, 4) is 0 Å². The molecule has 0 bridgehead atoms. The van der Waals surface area contributed by atoms with Crippen LogP contribution in [0.25, 0.3) is 0 Å². The highest BCUT2D eigenvalue weighted by atomic mass is 16.5. The lowest BCUT2D eigenvalue weighted by Gasteiger charge is -2.26. The zero-order valence-corrected chi connectivity index (χ0v) is 10.7. The van der Waals surface area contributed by atoms with E-state index in [2.05, 4.69) is 32.9 Å². The molecule has 0 radical (unpaired) electrons. The van der Waals surface area contributed by atoms with Gasteiger partial charge in [0.05, 0.1) is 0 Å². The number of anilines is 1. The molecule has 3 heteroatoms. The van der Waals surface area contributed by atoms with Gasteiger partial charge in [0.2, 0.25) is 0 Å². The SMILES string of the molecule is CC(C)c1c(N)noc1C1CCCC1(C)C. The first-order valence-electron chi connectivity index (χ1n) is 6.18. The fourth-order valence-corrected chi connectivity index (χ4v) is 2.97. The first kappa shape index (κ1) is 11.5. The standard InChI is InChI=1S/C13H22N2O/c1-8(2)10-11(16-15-12(10)14)9-6-5-7-13(9,3)4/h8-9H,5-7H2,1-4H3,(H2,14,15). The van der Waals surface area contributed by atoms with Gasteiger partial charge in [0.15, 0.2) is 5.82 Å². The van der Waals surface area contributed by atoms with Crippen molar-refractivity contribution in [1.82, 2.24) is 5.16 Å². The lowest BCUT2D eigenvalue weighted by atomic mass is 9.78. The van der Waals surface area contributed by atoms with Gasteiger partial charge in [0, 0.05) is 11.5 Å². The highest BCUT2D eigenvalue weighted by Crippen LogP contribution is 2.51. The van der Waals surface area contributed by atoms with Crippen molar-refractivity contribution in [2.24, 2.45) is 5.41 Å². The van der Waals surface area contributed by atoms with Crippen molar-refractivity contribution in [1.29, 1.82) is 0 Å². The highest BCUT2D eigenvalue weighted by Gasteiger charge is 2.40. The molecule has 0 aliphatic heterocycles.